The molecular weight excluding hydrogens is 236 g/mol. The minimum absolute atomic E-state index is 0. The third-order valence-electron chi connectivity index (χ3n) is 1.26. The van der Waals surface area contributed by atoms with Crippen LogP contribution in [-0.2, 0) is 0 Å². The van der Waals surface area contributed by atoms with Crippen molar-refractivity contribution < 1.29 is 4.79 Å². The Hall–Kier alpha value is 0.495. The van der Waals surface area contributed by atoms with Crippen molar-refractivity contribution in [2.75, 3.05) is 7.05 Å². The number of hydrogen-bond acceptors (Lipinski definition) is 1. The summed E-state index contributed by atoms with van der Waals surface area (Å²) < 4.78 is 0. The van der Waals surface area contributed by atoms with Gasteiger partial charge in [-0.2, -0.15) is 0 Å². The molecular formula is C10H15NORb. The first kappa shape index (κ1) is 15.9. The molecule has 1 rings (SSSR count). The van der Waals surface area contributed by atoms with Gasteiger partial charge in [0, 0.05) is 70.8 Å². The molecule has 0 aromatic heterocycles. The average molecular weight is 251 g/mol. The van der Waals surface area contributed by atoms with Gasteiger partial charge >= 0.3 is 0 Å². The van der Waals surface area contributed by atoms with Crippen molar-refractivity contribution in [1.29, 1.82) is 0 Å². The van der Waals surface area contributed by atoms with Gasteiger partial charge in [0.2, 0.25) is 0 Å². The molecule has 2 nitrogen and oxygen atoms in total. The SMILES string of the molecule is CC.CNC(=O)c1ccccc1.[Rb]. The Morgan fingerprint density at radius 1 is 1.15 bits per heavy atom. The Labute approximate surface area is 129 Å². The zero-order valence-electron chi connectivity index (χ0n) is 8.79. The second-order valence-electron chi connectivity index (χ2n) is 1.95. The number of nitrogens with one attached hydrogen (secondary N) is 1. The summed E-state index contributed by atoms with van der Waals surface area (Å²) in [6.07, 6.45) is 0. The van der Waals surface area contributed by atoms with E-state index in [0.29, 0.717) is 5.56 Å². The smallest absolute Gasteiger partial charge is 0.251 e. The van der Waals surface area contributed by atoms with E-state index >= 15 is 0 Å². The Morgan fingerprint density at radius 3 is 2.00 bits per heavy atom. The fraction of sp³-hybridized carbons (Fsp3) is 0.300. The van der Waals surface area contributed by atoms with Crippen LogP contribution in [-0.4, -0.2) is 71.1 Å². The maximum atomic E-state index is 10.9. The van der Waals surface area contributed by atoms with Crippen LogP contribution in [0.3, 0.4) is 0 Å². The first-order valence-electron chi connectivity index (χ1n) is 4.11. The zero-order chi connectivity index (χ0) is 9.40. The molecule has 0 aliphatic heterocycles. The molecule has 1 N–H and O–H groups in total. The van der Waals surface area contributed by atoms with Gasteiger partial charge in [0.1, 0.15) is 0 Å². The third-order valence-corrected chi connectivity index (χ3v) is 1.26. The Kier molecular flexibility index (Phi) is 13.0. The molecule has 0 aliphatic rings. The number of benzene rings is 1. The predicted octanol–water partition coefficient (Wildman–Crippen LogP) is 1.69. The van der Waals surface area contributed by atoms with Gasteiger partial charge in [0.15, 0.2) is 0 Å². The van der Waals surface area contributed by atoms with E-state index < -0.39 is 0 Å². The molecule has 0 fully saturated rings. The van der Waals surface area contributed by atoms with Crippen LogP contribution in [0.15, 0.2) is 30.3 Å². The summed E-state index contributed by atoms with van der Waals surface area (Å²) in [4.78, 5) is 10.9. The molecule has 1 aromatic rings. The van der Waals surface area contributed by atoms with Gasteiger partial charge in [0.05, 0.1) is 0 Å². The summed E-state index contributed by atoms with van der Waals surface area (Å²) in [5, 5.41) is 2.54. The number of rotatable bonds is 1. The zero-order valence-corrected chi connectivity index (χ0v) is 13.7. The predicted molar refractivity (Wildman–Crippen MR) is 56.9 cm³/mol. The molecule has 13 heavy (non-hydrogen) atoms. The van der Waals surface area contributed by atoms with Gasteiger partial charge < -0.3 is 5.32 Å². The van der Waals surface area contributed by atoms with E-state index in [1.807, 2.05) is 32.0 Å². The second kappa shape index (κ2) is 10.6. The molecule has 0 heterocycles. The maximum absolute atomic E-state index is 10.9. The minimum Gasteiger partial charge on any atom is -0.355 e. The fourth-order valence-corrected chi connectivity index (χ4v) is 0.734. The second-order valence-corrected chi connectivity index (χ2v) is 1.95. The van der Waals surface area contributed by atoms with E-state index in [1.54, 1.807) is 19.2 Å². The monoisotopic (exact) mass is 250 g/mol. The summed E-state index contributed by atoms with van der Waals surface area (Å²) in [5.74, 6) is -0.0411. The number of carbonyl (C=O) groups excluding carboxylic acids is 1. The molecule has 67 valence electrons. The van der Waals surface area contributed by atoms with Gasteiger partial charge in [0.25, 0.3) is 5.91 Å². The number of amides is 1. The van der Waals surface area contributed by atoms with Crippen LogP contribution in [0.2, 0.25) is 0 Å². The number of carbonyl (C=O) groups is 1. The largest absolute Gasteiger partial charge is 0.355 e. The third kappa shape index (κ3) is 6.55. The van der Waals surface area contributed by atoms with Crippen LogP contribution in [0, 0.1) is 0 Å². The molecule has 0 atom stereocenters. The average Bonchev–Trinajstić information content (AvgIpc) is 2.21. The molecule has 0 bridgehead atoms. The molecule has 1 aromatic carbocycles. The van der Waals surface area contributed by atoms with Gasteiger partial charge in [-0.3, -0.25) is 4.79 Å². The molecule has 1 radical (unpaired) electrons. The van der Waals surface area contributed by atoms with Crippen molar-refractivity contribution in [1.82, 2.24) is 5.32 Å². The van der Waals surface area contributed by atoms with Crippen molar-refractivity contribution in [3.8, 4) is 0 Å². The van der Waals surface area contributed by atoms with Crippen LogP contribution >= 0.6 is 0 Å². The van der Waals surface area contributed by atoms with Gasteiger partial charge in [-0.05, 0) is 12.1 Å². The van der Waals surface area contributed by atoms with E-state index in [-0.39, 0.29) is 64.1 Å². The molecule has 0 unspecified atom stereocenters. The van der Waals surface area contributed by atoms with E-state index in [0.717, 1.165) is 0 Å². The van der Waals surface area contributed by atoms with Crippen molar-refractivity contribution in [3.63, 3.8) is 0 Å². The quantitative estimate of drug-likeness (QED) is 0.808. The van der Waals surface area contributed by atoms with Gasteiger partial charge in [-0.15, -0.1) is 0 Å². The fourth-order valence-electron chi connectivity index (χ4n) is 0.734. The number of hydrogen-bond donors (Lipinski definition) is 1. The van der Waals surface area contributed by atoms with E-state index in [4.69, 9.17) is 0 Å². The van der Waals surface area contributed by atoms with Crippen LogP contribution in [0.5, 0.6) is 0 Å². The van der Waals surface area contributed by atoms with Crippen LogP contribution in [0.4, 0.5) is 0 Å². The van der Waals surface area contributed by atoms with Crippen molar-refractivity contribution in [2.24, 2.45) is 0 Å². The molecule has 0 saturated carbocycles. The maximum Gasteiger partial charge on any atom is 0.251 e. The Bertz CT molecular complexity index is 224. The van der Waals surface area contributed by atoms with Crippen LogP contribution in [0.25, 0.3) is 0 Å². The molecule has 0 spiro atoms. The van der Waals surface area contributed by atoms with Crippen LogP contribution in [0.1, 0.15) is 24.2 Å². The topological polar surface area (TPSA) is 29.1 Å². The van der Waals surface area contributed by atoms with Crippen molar-refractivity contribution in [2.45, 2.75) is 13.8 Å². The Balaban J connectivity index is 0. The summed E-state index contributed by atoms with van der Waals surface area (Å²) in [5.41, 5.74) is 0.699. The van der Waals surface area contributed by atoms with Crippen LogP contribution < -0.4 is 5.32 Å². The van der Waals surface area contributed by atoms with Crippen molar-refractivity contribution in [3.05, 3.63) is 35.9 Å². The van der Waals surface area contributed by atoms with Gasteiger partial charge in [-0.25, -0.2) is 0 Å². The summed E-state index contributed by atoms with van der Waals surface area (Å²) >= 11 is 0. The first-order valence-corrected chi connectivity index (χ1v) is 4.11. The normalized spacial score (nSPS) is 7.31. The molecule has 3 heteroatoms. The standard InChI is InChI=1S/C8H9NO.C2H6.Rb/c1-9-8(10)7-5-3-2-4-6-7;1-2;/h2-6H,1H3,(H,9,10);1-2H3;. The first-order chi connectivity index (χ1) is 5.84. The van der Waals surface area contributed by atoms with Crippen molar-refractivity contribution >= 4 is 64.1 Å². The minimum atomic E-state index is -0.0411. The molecule has 0 saturated heterocycles. The van der Waals surface area contributed by atoms with Gasteiger partial charge in [-0.1, -0.05) is 32.0 Å². The molecule has 0 aliphatic carbocycles. The van der Waals surface area contributed by atoms with E-state index in [1.165, 1.54) is 0 Å². The summed E-state index contributed by atoms with van der Waals surface area (Å²) in [6, 6.07) is 9.11. The van der Waals surface area contributed by atoms with E-state index in [9.17, 15) is 4.79 Å². The Morgan fingerprint density at radius 2 is 1.62 bits per heavy atom. The molecule has 1 amide bonds. The summed E-state index contributed by atoms with van der Waals surface area (Å²) in [6.45, 7) is 4.00. The summed E-state index contributed by atoms with van der Waals surface area (Å²) in [7, 11) is 1.62. The van der Waals surface area contributed by atoms with E-state index in [2.05, 4.69) is 5.32 Å².